The molecule has 5 rings (SSSR count). The molecule has 186 valence electrons. The van der Waals surface area contributed by atoms with Crippen LogP contribution in [0.4, 0.5) is 5.69 Å². The second-order valence-electron chi connectivity index (χ2n) is 9.85. The van der Waals surface area contributed by atoms with Crippen LogP contribution in [0.1, 0.15) is 39.1 Å². The molecule has 37 heavy (non-hydrogen) atoms. The summed E-state index contributed by atoms with van der Waals surface area (Å²) >= 11 is 0. The van der Waals surface area contributed by atoms with Crippen molar-refractivity contribution in [1.82, 2.24) is 9.78 Å². The van der Waals surface area contributed by atoms with Gasteiger partial charge in [-0.05, 0) is 76.9 Å². The molecule has 1 aliphatic heterocycles. The van der Waals surface area contributed by atoms with E-state index >= 15 is 0 Å². The minimum absolute atomic E-state index is 0.0868. The average molecular weight is 494 g/mol. The SMILES string of the molecule is Cc1cccc(N2C(=O)C(c3c(C)[nH]n(-c4ccc(C)cc4C)c3=O)=C([n+]3cc(C)cc(C)c3)C2=O)c1. The summed E-state index contributed by atoms with van der Waals surface area (Å²) in [5.74, 6) is -0.997. The first-order valence-electron chi connectivity index (χ1n) is 12.2. The zero-order valence-electron chi connectivity index (χ0n) is 21.8. The van der Waals surface area contributed by atoms with Crippen LogP contribution in [0.5, 0.6) is 0 Å². The Kier molecular flexibility index (Phi) is 5.79. The maximum absolute atomic E-state index is 14.0. The molecule has 2 amide bonds. The normalized spacial score (nSPS) is 13.7. The van der Waals surface area contributed by atoms with E-state index < -0.39 is 11.8 Å². The average Bonchev–Trinajstić information content (AvgIpc) is 3.24. The van der Waals surface area contributed by atoms with Gasteiger partial charge in [-0.2, -0.15) is 4.57 Å². The Morgan fingerprint density at radius 3 is 2.05 bits per heavy atom. The van der Waals surface area contributed by atoms with Gasteiger partial charge in [-0.15, -0.1) is 0 Å². The highest BCUT2D eigenvalue weighted by atomic mass is 16.2. The van der Waals surface area contributed by atoms with E-state index in [4.69, 9.17) is 0 Å². The number of nitrogens with one attached hydrogen (secondary N) is 1. The second kappa shape index (κ2) is 8.85. The number of aromatic amines is 1. The minimum Gasteiger partial charge on any atom is -0.295 e. The molecule has 0 fully saturated rings. The Balaban J connectivity index is 1.79. The topological polar surface area (TPSA) is 79.1 Å². The minimum atomic E-state index is -0.524. The van der Waals surface area contributed by atoms with Crippen LogP contribution in [0.3, 0.4) is 0 Å². The molecule has 0 saturated carbocycles. The number of aromatic nitrogens is 3. The third-order valence-corrected chi connectivity index (χ3v) is 6.63. The largest absolute Gasteiger partial charge is 0.331 e. The van der Waals surface area contributed by atoms with Gasteiger partial charge in [-0.1, -0.05) is 29.8 Å². The molecule has 7 nitrogen and oxygen atoms in total. The van der Waals surface area contributed by atoms with Gasteiger partial charge in [0.15, 0.2) is 12.4 Å². The number of benzene rings is 2. The van der Waals surface area contributed by atoms with Crippen molar-refractivity contribution in [3.05, 3.63) is 110 Å². The number of pyridine rings is 1. The number of anilines is 1. The Morgan fingerprint density at radius 2 is 1.41 bits per heavy atom. The van der Waals surface area contributed by atoms with Crippen LogP contribution >= 0.6 is 0 Å². The molecule has 1 aliphatic rings. The fourth-order valence-electron chi connectivity index (χ4n) is 5.09. The van der Waals surface area contributed by atoms with Gasteiger partial charge in [0.2, 0.25) is 0 Å². The van der Waals surface area contributed by atoms with Crippen molar-refractivity contribution >= 4 is 28.8 Å². The molecule has 0 aliphatic carbocycles. The lowest BCUT2D eigenvalue weighted by Gasteiger charge is -2.14. The van der Waals surface area contributed by atoms with E-state index in [9.17, 15) is 14.4 Å². The van der Waals surface area contributed by atoms with Gasteiger partial charge in [0, 0.05) is 16.8 Å². The highest BCUT2D eigenvalue weighted by Crippen LogP contribution is 2.33. The number of hydrogen-bond donors (Lipinski definition) is 1. The smallest absolute Gasteiger partial charge is 0.295 e. The van der Waals surface area contributed by atoms with Gasteiger partial charge in [-0.25, -0.2) is 9.58 Å². The van der Waals surface area contributed by atoms with Crippen molar-refractivity contribution in [2.75, 3.05) is 4.90 Å². The molecule has 0 unspecified atom stereocenters. The van der Waals surface area contributed by atoms with Gasteiger partial charge in [0.05, 0.1) is 16.9 Å². The number of amides is 2. The van der Waals surface area contributed by atoms with E-state index in [2.05, 4.69) is 5.10 Å². The number of nitrogens with zero attached hydrogens (tertiary/aromatic N) is 3. The second-order valence-corrected chi connectivity index (χ2v) is 9.85. The summed E-state index contributed by atoms with van der Waals surface area (Å²) in [6.07, 6.45) is 3.61. The van der Waals surface area contributed by atoms with Gasteiger partial charge in [-0.3, -0.25) is 19.5 Å². The summed E-state index contributed by atoms with van der Waals surface area (Å²) in [6.45, 7) is 11.4. The highest BCUT2D eigenvalue weighted by molar-refractivity contribution is 6.53. The molecule has 3 heterocycles. The molecule has 4 aromatic rings. The number of imide groups is 1. The molecule has 1 N–H and O–H groups in total. The molecule has 0 radical (unpaired) electrons. The Labute approximate surface area is 215 Å². The van der Waals surface area contributed by atoms with Crippen molar-refractivity contribution < 1.29 is 14.2 Å². The standard InChI is InChI=1S/C30H28N4O3/c1-17-8-7-9-23(14-17)33-28(35)26(27(30(33)37)32-15-19(3)12-20(4)16-32)25-22(6)31-34(29(25)36)24-11-10-18(2)13-21(24)5/h7-16H,1-6H3/p+1. The molecule has 7 heteroatoms. The summed E-state index contributed by atoms with van der Waals surface area (Å²) in [7, 11) is 0. The van der Waals surface area contributed by atoms with Gasteiger partial charge < -0.3 is 0 Å². The third kappa shape index (κ3) is 4.02. The number of carbonyl (C=O) groups excluding carboxylic acids is 2. The van der Waals surface area contributed by atoms with E-state index in [0.717, 1.165) is 32.7 Å². The number of rotatable bonds is 4. The fourth-order valence-corrected chi connectivity index (χ4v) is 5.09. The van der Waals surface area contributed by atoms with E-state index in [1.807, 2.05) is 71.0 Å². The predicted molar refractivity (Wildman–Crippen MR) is 143 cm³/mol. The summed E-state index contributed by atoms with van der Waals surface area (Å²) in [5.41, 5.74) is 6.51. The molecule has 0 spiro atoms. The first-order valence-corrected chi connectivity index (χ1v) is 12.2. The summed E-state index contributed by atoms with van der Waals surface area (Å²) in [5, 5.41) is 3.14. The van der Waals surface area contributed by atoms with Crippen LogP contribution < -0.4 is 15.0 Å². The lowest BCUT2D eigenvalue weighted by Crippen LogP contribution is -2.40. The van der Waals surface area contributed by atoms with E-state index in [1.54, 1.807) is 36.0 Å². The summed E-state index contributed by atoms with van der Waals surface area (Å²) in [6, 6.07) is 15.0. The van der Waals surface area contributed by atoms with Gasteiger partial charge in [0.1, 0.15) is 5.57 Å². The molecule has 2 aromatic carbocycles. The Bertz CT molecular complexity index is 1680. The zero-order valence-corrected chi connectivity index (χ0v) is 21.8. The molecule has 0 saturated heterocycles. The van der Waals surface area contributed by atoms with Crippen LogP contribution in [0.2, 0.25) is 0 Å². The summed E-state index contributed by atoms with van der Waals surface area (Å²) < 4.78 is 3.12. The lowest BCUT2D eigenvalue weighted by atomic mass is 10.0. The van der Waals surface area contributed by atoms with Crippen LogP contribution in [-0.2, 0) is 9.59 Å². The Morgan fingerprint density at radius 1 is 0.730 bits per heavy atom. The van der Waals surface area contributed by atoms with E-state index in [0.29, 0.717) is 17.1 Å². The quantitative estimate of drug-likeness (QED) is 0.341. The number of hydrogen-bond acceptors (Lipinski definition) is 3. The van der Waals surface area contributed by atoms with Crippen molar-refractivity contribution in [1.29, 1.82) is 0 Å². The zero-order chi connectivity index (χ0) is 26.6. The number of carbonyl (C=O) groups is 2. The molecule has 0 bridgehead atoms. The molecular weight excluding hydrogens is 464 g/mol. The third-order valence-electron chi connectivity index (χ3n) is 6.63. The lowest BCUT2D eigenvalue weighted by molar-refractivity contribution is -0.577. The fraction of sp³-hybridized carbons (Fsp3) is 0.200. The van der Waals surface area contributed by atoms with Crippen molar-refractivity contribution in [3.63, 3.8) is 0 Å². The number of H-pyrrole nitrogens is 1. The molecule has 2 aromatic heterocycles. The first-order chi connectivity index (χ1) is 17.6. The van der Waals surface area contributed by atoms with Crippen LogP contribution in [0.15, 0.2) is 65.7 Å². The summed E-state index contributed by atoms with van der Waals surface area (Å²) in [4.78, 5) is 43.0. The highest BCUT2D eigenvalue weighted by Gasteiger charge is 2.48. The first kappa shape index (κ1) is 24.2. The molecular formula is C30H29N4O3+. The van der Waals surface area contributed by atoms with Gasteiger partial charge >= 0.3 is 5.91 Å². The maximum Gasteiger partial charge on any atom is 0.331 e. The number of aryl methyl sites for hydroxylation is 6. The van der Waals surface area contributed by atoms with E-state index in [-0.39, 0.29) is 22.4 Å². The van der Waals surface area contributed by atoms with Gasteiger partial charge in [0.25, 0.3) is 17.2 Å². The predicted octanol–water partition coefficient (Wildman–Crippen LogP) is 4.25. The Hall–Kier alpha value is -4.52. The molecule has 0 atom stereocenters. The van der Waals surface area contributed by atoms with Crippen LogP contribution in [-0.4, -0.2) is 21.6 Å². The maximum atomic E-state index is 14.0. The van der Waals surface area contributed by atoms with Crippen molar-refractivity contribution in [2.45, 2.75) is 41.5 Å². The monoisotopic (exact) mass is 493 g/mol. The van der Waals surface area contributed by atoms with Crippen molar-refractivity contribution in [2.24, 2.45) is 0 Å². The van der Waals surface area contributed by atoms with Crippen LogP contribution in [0, 0.1) is 41.5 Å². The van der Waals surface area contributed by atoms with E-state index in [1.165, 1.54) is 4.68 Å². The van der Waals surface area contributed by atoms with Crippen LogP contribution in [0.25, 0.3) is 17.0 Å². The van der Waals surface area contributed by atoms with Crippen molar-refractivity contribution in [3.8, 4) is 5.69 Å².